The minimum atomic E-state index is -0.106. The summed E-state index contributed by atoms with van der Waals surface area (Å²) < 4.78 is 5.94. The van der Waals surface area contributed by atoms with E-state index in [-0.39, 0.29) is 36.4 Å². The summed E-state index contributed by atoms with van der Waals surface area (Å²) in [5, 5.41) is 0. The van der Waals surface area contributed by atoms with E-state index >= 15 is 0 Å². The molecule has 2 N–H and O–H groups in total. The SMILES string of the molecule is Cl.N[C@@H]1CCCN(C(=O)C2CCCOC2c2ccccc2)C1. The lowest BCUT2D eigenvalue weighted by molar-refractivity contribution is -0.146. The first-order valence-corrected chi connectivity index (χ1v) is 7.96. The van der Waals surface area contributed by atoms with Crippen molar-refractivity contribution in [3.8, 4) is 0 Å². The summed E-state index contributed by atoms with van der Waals surface area (Å²) in [4.78, 5) is 14.8. The Bertz CT molecular complexity index is 483. The number of hydrogen-bond donors (Lipinski definition) is 1. The van der Waals surface area contributed by atoms with Crippen LogP contribution in [0.5, 0.6) is 0 Å². The minimum absolute atomic E-state index is 0. The fourth-order valence-electron chi connectivity index (χ4n) is 3.45. The molecule has 122 valence electrons. The van der Waals surface area contributed by atoms with Gasteiger partial charge in [0.1, 0.15) is 0 Å². The van der Waals surface area contributed by atoms with Crippen LogP contribution < -0.4 is 5.73 Å². The number of amides is 1. The summed E-state index contributed by atoms with van der Waals surface area (Å²) in [5.74, 6) is 0.158. The van der Waals surface area contributed by atoms with Crippen molar-refractivity contribution in [2.75, 3.05) is 19.7 Å². The van der Waals surface area contributed by atoms with Gasteiger partial charge in [0, 0.05) is 25.7 Å². The minimum Gasteiger partial charge on any atom is -0.373 e. The first kappa shape index (κ1) is 17.3. The highest BCUT2D eigenvalue weighted by molar-refractivity contribution is 5.85. The number of halogens is 1. The highest BCUT2D eigenvalue weighted by atomic mass is 35.5. The Kier molecular flexibility index (Phi) is 6.24. The van der Waals surface area contributed by atoms with Crippen LogP contribution >= 0.6 is 12.4 Å². The van der Waals surface area contributed by atoms with Crippen LogP contribution in [0.2, 0.25) is 0 Å². The van der Waals surface area contributed by atoms with Crippen LogP contribution in [0.25, 0.3) is 0 Å². The molecule has 3 rings (SSSR count). The Balaban J connectivity index is 0.00000176. The van der Waals surface area contributed by atoms with Crippen LogP contribution in [-0.2, 0) is 9.53 Å². The van der Waals surface area contributed by atoms with Crippen molar-refractivity contribution < 1.29 is 9.53 Å². The molecule has 1 aromatic carbocycles. The van der Waals surface area contributed by atoms with Gasteiger partial charge in [-0.3, -0.25) is 4.79 Å². The molecule has 2 aliphatic rings. The molecule has 0 spiro atoms. The molecular formula is C17H25ClN2O2. The molecule has 0 aliphatic carbocycles. The lowest BCUT2D eigenvalue weighted by Gasteiger charge is -2.37. The lowest BCUT2D eigenvalue weighted by Crippen LogP contribution is -2.49. The Labute approximate surface area is 138 Å². The Morgan fingerprint density at radius 3 is 2.68 bits per heavy atom. The zero-order chi connectivity index (χ0) is 14.7. The molecule has 0 saturated carbocycles. The molecule has 2 fully saturated rings. The van der Waals surface area contributed by atoms with Crippen molar-refractivity contribution in [1.29, 1.82) is 0 Å². The molecule has 1 aromatic rings. The lowest BCUT2D eigenvalue weighted by atomic mass is 9.87. The monoisotopic (exact) mass is 324 g/mol. The molecule has 2 aliphatic heterocycles. The number of carbonyl (C=O) groups excluding carboxylic acids is 1. The maximum atomic E-state index is 12.9. The van der Waals surface area contributed by atoms with Gasteiger partial charge in [-0.2, -0.15) is 0 Å². The standard InChI is InChI=1S/C17H24N2O2.ClH/c18-14-8-4-10-19(12-14)17(20)15-9-5-11-21-16(15)13-6-2-1-3-7-13;/h1-3,6-7,14-16H,4-5,8-12,18H2;1H/t14-,15?,16?;/m1./s1. The first-order valence-electron chi connectivity index (χ1n) is 7.96. The molecule has 1 amide bonds. The van der Waals surface area contributed by atoms with Gasteiger partial charge in [0.05, 0.1) is 12.0 Å². The Morgan fingerprint density at radius 2 is 1.95 bits per heavy atom. The van der Waals surface area contributed by atoms with E-state index in [2.05, 4.69) is 12.1 Å². The average molecular weight is 325 g/mol. The number of hydrogen-bond acceptors (Lipinski definition) is 3. The second-order valence-electron chi connectivity index (χ2n) is 6.14. The molecule has 2 unspecified atom stereocenters. The van der Waals surface area contributed by atoms with E-state index < -0.39 is 0 Å². The quantitative estimate of drug-likeness (QED) is 0.909. The van der Waals surface area contributed by atoms with Crippen molar-refractivity contribution >= 4 is 18.3 Å². The molecule has 2 heterocycles. The molecule has 0 aromatic heterocycles. The number of carbonyl (C=O) groups is 1. The van der Waals surface area contributed by atoms with E-state index in [0.717, 1.165) is 44.4 Å². The van der Waals surface area contributed by atoms with Crippen molar-refractivity contribution in [3.63, 3.8) is 0 Å². The summed E-state index contributed by atoms with van der Waals surface area (Å²) in [6.45, 7) is 2.27. The molecule has 2 saturated heterocycles. The van der Waals surface area contributed by atoms with Gasteiger partial charge in [-0.15, -0.1) is 12.4 Å². The maximum absolute atomic E-state index is 12.9. The van der Waals surface area contributed by atoms with Crippen LogP contribution in [0.3, 0.4) is 0 Å². The molecule has 4 nitrogen and oxygen atoms in total. The van der Waals surface area contributed by atoms with Crippen LogP contribution in [-0.4, -0.2) is 36.5 Å². The van der Waals surface area contributed by atoms with E-state index in [4.69, 9.17) is 10.5 Å². The van der Waals surface area contributed by atoms with Crippen molar-refractivity contribution in [2.24, 2.45) is 11.7 Å². The number of rotatable bonds is 2. The largest absolute Gasteiger partial charge is 0.373 e. The van der Waals surface area contributed by atoms with Gasteiger partial charge in [-0.1, -0.05) is 30.3 Å². The molecule has 0 radical (unpaired) electrons. The number of ether oxygens (including phenoxy) is 1. The molecule has 22 heavy (non-hydrogen) atoms. The third-order valence-electron chi connectivity index (χ3n) is 4.54. The average Bonchev–Trinajstić information content (AvgIpc) is 2.55. The third kappa shape index (κ3) is 3.80. The predicted molar refractivity (Wildman–Crippen MR) is 88.9 cm³/mol. The van der Waals surface area contributed by atoms with Gasteiger partial charge < -0.3 is 15.4 Å². The summed E-state index contributed by atoms with van der Waals surface area (Å²) >= 11 is 0. The number of benzene rings is 1. The van der Waals surface area contributed by atoms with Gasteiger partial charge in [-0.05, 0) is 31.2 Å². The number of nitrogens with zero attached hydrogens (tertiary/aromatic N) is 1. The zero-order valence-corrected chi connectivity index (χ0v) is 13.6. The van der Waals surface area contributed by atoms with E-state index in [1.54, 1.807) is 0 Å². The summed E-state index contributed by atoms with van der Waals surface area (Å²) in [7, 11) is 0. The maximum Gasteiger partial charge on any atom is 0.228 e. The number of nitrogens with two attached hydrogens (primary N) is 1. The molecule has 0 bridgehead atoms. The molecule has 3 atom stereocenters. The highest BCUT2D eigenvalue weighted by Crippen LogP contribution is 2.35. The van der Waals surface area contributed by atoms with Crippen molar-refractivity contribution in [3.05, 3.63) is 35.9 Å². The first-order chi connectivity index (χ1) is 10.3. The number of piperidine rings is 1. The van der Waals surface area contributed by atoms with Gasteiger partial charge in [0.2, 0.25) is 5.91 Å². The van der Waals surface area contributed by atoms with Crippen LogP contribution in [0.1, 0.15) is 37.4 Å². The Hall–Kier alpha value is -1.10. The van der Waals surface area contributed by atoms with Crippen molar-refractivity contribution in [2.45, 2.75) is 37.8 Å². The van der Waals surface area contributed by atoms with Gasteiger partial charge in [0.15, 0.2) is 0 Å². The predicted octanol–water partition coefficient (Wildman–Crippen LogP) is 2.53. The smallest absolute Gasteiger partial charge is 0.228 e. The summed E-state index contributed by atoms with van der Waals surface area (Å²) in [6.07, 6.45) is 3.79. The van der Waals surface area contributed by atoms with Crippen LogP contribution in [0, 0.1) is 5.92 Å². The third-order valence-corrected chi connectivity index (χ3v) is 4.54. The highest BCUT2D eigenvalue weighted by Gasteiger charge is 2.36. The Morgan fingerprint density at radius 1 is 1.18 bits per heavy atom. The van der Waals surface area contributed by atoms with Crippen LogP contribution in [0.15, 0.2) is 30.3 Å². The van der Waals surface area contributed by atoms with Gasteiger partial charge in [0.25, 0.3) is 0 Å². The molecular weight excluding hydrogens is 300 g/mol. The van der Waals surface area contributed by atoms with E-state index in [9.17, 15) is 4.79 Å². The number of likely N-dealkylation sites (tertiary alicyclic amines) is 1. The molecule has 5 heteroatoms. The van der Waals surface area contributed by atoms with Gasteiger partial charge >= 0.3 is 0 Å². The van der Waals surface area contributed by atoms with E-state index in [0.29, 0.717) is 6.54 Å². The summed E-state index contributed by atoms with van der Waals surface area (Å²) in [5.41, 5.74) is 7.12. The van der Waals surface area contributed by atoms with E-state index in [1.165, 1.54) is 0 Å². The summed E-state index contributed by atoms with van der Waals surface area (Å²) in [6, 6.07) is 10.2. The van der Waals surface area contributed by atoms with Crippen LogP contribution in [0.4, 0.5) is 0 Å². The fourth-order valence-corrected chi connectivity index (χ4v) is 3.45. The zero-order valence-electron chi connectivity index (χ0n) is 12.8. The fraction of sp³-hybridized carbons (Fsp3) is 0.588. The normalized spacial score (nSPS) is 28.8. The second kappa shape index (κ2) is 7.95. The van der Waals surface area contributed by atoms with Crippen molar-refractivity contribution in [1.82, 2.24) is 4.90 Å². The topological polar surface area (TPSA) is 55.6 Å². The van der Waals surface area contributed by atoms with Gasteiger partial charge in [-0.25, -0.2) is 0 Å². The van der Waals surface area contributed by atoms with E-state index in [1.807, 2.05) is 23.1 Å². The second-order valence-corrected chi connectivity index (χ2v) is 6.14.